The van der Waals surface area contributed by atoms with Crippen LogP contribution in [-0.2, 0) is 32.5 Å². The third kappa shape index (κ3) is 6.88. The number of hydrogen-bond donors (Lipinski definition) is 1. The van der Waals surface area contributed by atoms with E-state index in [0.717, 1.165) is 11.1 Å². The van der Waals surface area contributed by atoms with Crippen molar-refractivity contribution in [2.75, 3.05) is 26.3 Å². The van der Waals surface area contributed by atoms with E-state index in [1.165, 1.54) is 16.4 Å². The van der Waals surface area contributed by atoms with E-state index < -0.39 is 10.0 Å². The van der Waals surface area contributed by atoms with Crippen molar-refractivity contribution in [1.82, 2.24) is 9.62 Å². The maximum atomic E-state index is 13.0. The van der Waals surface area contributed by atoms with Crippen molar-refractivity contribution in [1.29, 1.82) is 0 Å². The fourth-order valence-electron chi connectivity index (χ4n) is 3.63. The molecule has 1 saturated heterocycles. The summed E-state index contributed by atoms with van der Waals surface area (Å²) in [5, 5.41) is 2.89. The Morgan fingerprint density at radius 3 is 2.09 bits per heavy atom. The molecule has 1 aliphatic rings. The molecule has 0 atom stereocenters. The summed E-state index contributed by atoms with van der Waals surface area (Å²) in [6, 6.07) is 19.7. The second-order valence-electron chi connectivity index (χ2n) is 8.14. The molecule has 1 amide bonds. The maximum absolute atomic E-state index is 13.0. The molecule has 1 heterocycles. The molecule has 0 aromatic heterocycles. The smallest absolute Gasteiger partial charge is 0.243 e. The van der Waals surface area contributed by atoms with E-state index in [1.54, 1.807) is 48.5 Å². The van der Waals surface area contributed by atoms with Crippen molar-refractivity contribution in [3.05, 3.63) is 89.7 Å². The zero-order valence-electron chi connectivity index (χ0n) is 19.2. The number of sulfonamides is 1. The number of nitrogens with zero attached hydrogens (tertiary/aromatic N) is 1. The lowest BCUT2D eigenvalue weighted by Crippen LogP contribution is -2.40. The highest BCUT2D eigenvalue weighted by Gasteiger charge is 2.26. The van der Waals surface area contributed by atoms with Crippen LogP contribution in [0.3, 0.4) is 0 Å². The highest BCUT2D eigenvalue weighted by atomic mass is 32.2. The molecule has 4 rings (SSSR count). The molecule has 0 spiro atoms. The van der Waals surface area contributed by atoms with Gasteiger partial charge in [0.05, 0.1) is 18.1 Å². The van der Waals surface area contributed by atoms with Gasteiger partial charge in [0.15, 0.2) is 0 Å². The molecule has 35 heavy (non-hydrogen) atoms. The Bertz CT molecular complexity index is 1220. The molecule has 3 aromatic carbocycles. The van der Waals surface area contributed by atoms with Crippen molar-refractivity contribution in [2.24, 2.45) is 0 Å². The number of rotatable bonds is 9. The van der Waals surface area contributed by atoms with Gasteiger partial charge in [0.1, 0.15) is 17.3 Å². The second kappa shape index (κ2) is 11.4. The molecular weight excluding hydrogens is 471 g/mol. The van der Waals surface area contributed by atoms with E-state index in [-0.39, 0.29) is 16.6 Å². The number of halogens is 1. The molecule has 1 N–H and O–H groups in total. The van der Waals surface area contributed by atoms with E-state index in [4.69, 9.17) is 9.47 Å². The van der Waals surface area contributed by atoms with Crippen molar-refractivity contribution < 1.29 is 27.1 Å². The molecular formula is C26H27FN2O5S. The van der Waals surface area contributed by atoms with Crippen LogP contribution in [0.1, 0.15) is 17.5 Å². The molecule has 0 aliphatic carbocycles. The number of amides is 1. The average Bonchev–Trinajstić information content (AvgIpc) is 2.89. The van der Waals surface area contributed by atoms with Crippen LogP contribution in [0.15, 0.2) is 77.7 Å². The van der Waals surface area contributed by atoms with Gasteiger partial charge in [-0.2, -0.15) is 4.31 Å². The van der Waals surface area contributed by atoms with Gasteiger partial charge < -0.3 is 14.8 Å². The van der Waals surface area contributed by atoms with Crippen molar-refractivity contribution in [2.45, 2.75) is 24.3 Å². The summed E-state index contributed by atoms with van der Waals surface area (Å²) < 4.78 is 50.7. The SMILES string of the molecule is O=C(CCc1ccc(S(=O)(=O)N2CCOCC2)cc1)NCc1ccc(Oc2ccc(F)cc2)cc1. The Balaban J connectivity index is 1.22. The number of carbonyl (C=O) groups excluding carboxylic acids is 1. The van der Waals surface area contributed by atoms with Crippen LogP contribution in [0.2, 0.25) is 0 Å². The van der Waals surface area contributed by atoms with Gasteiger partial charge in [-0.1, -0.05) is 24.3 Å². The summed E-state index contributed by atoms with van der Waals surface area (Å²) in [5.74, 6) is 0.740. The standard InChI is InChI=1S/C26H27FN2O5S/c27-22-6-10-24(11-7-22)34-23-8-1-21(2-9-23)19-28-26(30)14-5-20-3-12-25(13-4-20)35(31,32)29-15-17-33-18-16-29/h1-4,6-13H,5,14-19H2,(H,28,30). The number of ether oxygens (including phenoxy) is 2. The molecule has 184 valence electrons. The van der Waals surface area contributed by atoms with E-state index in [0.29, 0.717) is 57.2 Å². The highest BCUT2D eigenvalue weighted by molar-refractivity contribution is 7.89. The van der Waals surface area contributed by atoms with E-state index in [9.17, 15) is 17.6 Å². The van der Waals surface area contributed by atoms with Crippen molar-refractivity contribution >= 4 is 15.9 Å². The molecule has 0 bridgehead atoms. The third-order valence-corrected chi connectivity index (χ3v) is 7.55. The van der Waals surface area contributed by atoms with Crippen LogP contribution >= 0.6 is 0 Å². The summed E-state index contributed by atoms with van der Waals surface area (Å²) in [7, 11) is -3.52. The first-order chi connectivity index (χ1) is 16.9. The summed E-state index contributed by atoms with van der Waals surface area (Å²) in [6.45, 7) is 1.90. The summed E-state index contributed by atoms with van der Waals surface area (Å²) in [5.41, 5.74) is 1.81. The van der Waals surface area contributed by atoms with Crippen molar-refractivity contribution in [3.63, 3.8) is 0 Å². The van der Waals surface area contributed by atoms with Gasteiger partial charge in [0, 0.05) is 26.1 Å². The minimum absolute atomic E-state index is 0.0957. The minimum Gasteiger partial charge on any atom is -0.457 e. The molecule has 0 radical (unpaired) electrons. The third-order valence-electron chi connectivity index (χ3n) is 5.63. The molecule has 3 aromatic rings. The number of aryl methyl sites for hydroxylation is 1. The van der Waals surface area contributed by atoms with E-state index in [2.05, 4.69) is 5.32 Å². The summed E-state index contributed by atoms with van der Waals surface area (Å²) in [4.78, 5) is 12.5. The lowest BCUT2D eigenvalue weighted by atomic mass is 10.1. The lowest BCUT2D eigenvalue weighted by molar-refractivity contribution is -0.121. The Morgan fingerprint density at radius 2 is 1.46 bits per heavy atom. The number of benzene rings is 3. The minimum atomic E-state index is -3.52. The Hall–Kier alpha value is -3.27. The first kappa shape index (κ1) is 24.8. The van der Waals surface area contributed by atoms with Gasteiger partial charge >= 0.3 is 0 Å². The fourth-order valence-corrected chi connectivity index (χ4v) is 5.03. The Morgan fingerprint density at radius 1 is 0.886 bits per heavy atom. The normalized spacial score (nSPS) is 14.4. The van der Waals surface area contributed by atoms with Crippen LogP contribution in [0.25, 0.3) is 0 Å². The van der Waals surface area contributed by atoms with Crippen LogP contribution in [0.5, 0.6) is 11.5 Å². The van der Waals surface area contributed by atoms with Gasteiger partial charge in [0.25, 0.3) is 0 Å². The van der Waals surface area contributed by atoms with Crippen LogP contribution in [0, 0.1) is 5.82 Å². The zero-order chi connectivity index (χ0) is 24.7. The highest BCUT2D eigenvalue weighted by Crippen LogP contribution is 2.22. The van der Waals surface area contributed by atoms with Crippen molar-refractivity contribution in [3.8, 4) is 11.5 Å². The van der Waals surface area contributed by atoms with Gasteiger partial charge in [-0.3, -0.25) is 4.79 Å². The molecule has 1 aliphatic heterocycles. The first-order valence-electron chi connectivity index (χ1n) is 11.4. The predicted octanol–water partition coefficient (Wildman–Crippen LogP) is 3.89. The van der Waals surface area contributed by atoms with Gasteiger partial charge in [-0.15, -0.1) is 0 Å². The second-order valence-corrected chi connectivity index (χ2v) is 10.1. The summed E-state index contributed by atoms with van der Waals surface area (Å²) in [6.07, 6.45) is 0.801. The predicted molar refractivity (Wildman–Crippen MR) is 129 cm³/mol. The number of nitrogens with one attached hydrogen (secondary N) is 1. The average molecular weight is 499 g/mol. The molecule has 7 nitrogen and oxygen atoms in total. The van der Waals surface area contributed by atoms with E-state index >= 15 is 0 Å². The molecule has 9 heteroatoms. The molecule has 0 unspecified atom stereocenters. The quantitative estimate of drug-likeness (QED) is 0.484. The Kier molecular flexibility index (Phi) is 8.12. The van der Waals surface area contributed by atoms with Crippen LogP contribution in [0.4, 0.5) is 4.39 Å². The fraction of sp³-hybridized carbons (Fsp3) is 0.269. The maximum Gasteiger partial charge on any atom is 0.243 e. The lowest BCUT2D eigenvalue weighted by Gasteiger charge is -2.26. The number of carbonyl (C=O) groups is 1. The number of morpholine rings is 1. The topological polar surface area (TPSA) is 84.9 Å². The van der Waals surface area contributed by atoms with Crippen LogP contribution in [-0.4, -0.2) is 44.9 Å². The number of hydrogen-bond acceptors (Lipinski definition) is 5. The Labute approximate surface area is 204 Å². The molecule has 1 fully saturated rings. The van der Waals surface area contributed by atoms with Gasteiger partial charge in [-0.25, -0.2) is 12.8 Å². The summed E-state index contributed by atoms with van der Waals surface area (Å²) >= 11 is 0. The molecule has 0 saturated carbocycles. The van der Waals surface area contributed by atoms with Gasteiger partial charge in [-0.05, 0) is 66.1 Å². The largest absolute Gasteiger partial charge is 0.457 e. The van der Waals surface area contributed by atoms with Gasteiger partial charge in [0.2, 0.25) is 15.9 Å². The monoisotopic (exact) mass is 498 g/mol. The van der Waals surface area contributed by atoms with E-state index in [1.807, 2.05) is 12.1 Å². The van der Waals surface area contributed by atoms with Crippen LogP contribution < -0.4 is 10.1 Å². The zero-order valence-corrected chi connectivity index (χ0v) is 20.0. The first-order valence-corrected chi connectivity index (χ1v) is 12.8.